The molecule has 1 aromatic heterocycles. The molecule has 0 radical (unpaired) electrons. The van der Waals surface area contributed by atoms with Gasteiger partial charge in [0.25, 0.3) is 5.91 Å². The Morgan fingerprint density at radius 3 is 2.67 bits per heavy atom. The number of amidine groups is 1. The summed E-state index contributed by atoms with van der Waals surface area (Å²) in [7, 11) is -0.707. The van der Waals surface area contributed by atoms with Crippen LogP contribution in [0.15, 0.2) is 52.6 Å². The first-order chi connectivity index (χ1) is 15.8. The molecule has 178 valence electrons. The van der Waals surface area contributed by atoms with E-state index < -0.39 is 15.9 Å². The number of rotatable bonds is 9. The van der Waals surface area contributed by atoms with Gasteiger partial charge in [-0.3, -0.25) is 4.79 Å². The molecule has 1 aromatic carbocycles. The predicted molar refractivity (Wildman–Crippen MR) is 126 cm³/mol. The lowest BCUT2D eigenvalue weighted by atomic mass is 10.1. The van der Waals surface area contributed by atoms with Crippen LogP contribution in [-0.2, 0) is 26.2 Å². The number of pyridine rings is 1. The maximum absolute atomic E-state index is 12.5. The fourth-order valence-corrected chi connectivity index (χ4v) is 4.55. The van der Waals surface area contributed by atoms with E-state index in [1.165, 1.54) is 26.6 Å². The van der Waals surface area contributed by atoms with Gasteiger partial charge in [0.2, 0.25) is 10.0 Å². The van der Waals surface area contributed by atoms with Gasteiger partial charge in [-0.25, -0.2) is 17.7 Å². The molecule has 33 heavy (non-hydrogen) atoms. The third kappa shape index (κ3) is 6.42. The Balaban J connectivity index is 1.55. The number of benzene rings is 1. The summed E-state index contributed by atoms with van der Waals surface area (Å²) in [5, 5.41) is 6.48. The summed E-state index contributed by atoms with van der Waals surface area (Å²) >= 11 is 0. The van der Waals surface area contributed by atoms with Crippen molar-refractivity contribution in [3.8, 4) is 0 Å². The van der Waals surface area contributed by atoms with Crippen LogP contribution < -0.4 is 16.0 Å². The molecule has 11 heteroatoms. The molecule has 1 amide bonds. The molecule has 1 saturated heterocycles. The molecule has 10 nitrogen and oxygen atoms in total. The molecule has 0 atom stereocenters. The van der Waals surface area contributed by atoms with E-state index in [0.717, 1.165) is 36.1 Å². The van der Waals surface area contributed by atoms with Gasteiger partial charge in [-0.15, -0.1) is 0 Å². The Hall–Kier alpha value is -3.18. The molecule has 2 heterocycles. The minimum Gasteiger partial charge on any atom is -0.384 e. The van der Waals surface area contributed by atoms with Gasteiger partial charge in [-0.2, -0.15) is 0 Å². The quantitative estimate of drug-likeness (QED) is 0.318. The van der Waals surface area contributed by atoms with Gasteiger partial charge in [-0.05, 0) is 43.0 Å². The summed E-state index contributed by atoms with van der Waals surface area (Å²) in [5.74, 6) is 0.535. The zero-order valence-electron chi connectivity index (χ0n) is 18.9. The second kappa shape index (κ2) is 11.1. The Bertz CT molecular complexity index is 1100. The average Bonchev–Trinajstić information content (AvgIpc) is 2.83. The van der Waals surface area contributed by atoms with Crippen molar-refractivity contribution in [3.63, 3.8) is 0 Å². The fraction of sp³-hybridized carbons (Fsp3) is 0.409. The summed E-state index contributed by atoms with van der Waals surface area (Å²) in [4.78, 5) is 24.0. The molecular formula is C22H30N6O4S. The minimum atomic E-state index is -3.62. The van der Waals surface area contributed by atoms with Crippen LogP contribution >= 0.6 is 0 Å². The number of hydrogen-bond donors (Lipinski definition) is 2. The molecule has 0 spiro atoms. The lowest BCUT2D eigenvalue weighted by molar-refractivity contribution is -0.125. The van der Waals surface area contributed by atoms with Crippen molar-refractivity contribution in [1.82, 2.24) is 14.6 Å². The topological polar surface area (TPSA) is 130 Å². The molecule has 0 aliphatic carbocycles. The van der Waals surface area contributed by atoms with Crippen LogP contribution in [0, 0.1) is 0 Å². The number of carbonyl (C=O) groups is 1. The SMILES string of the molecule is CN(C)S(=O)(=O)c1ccccc1CNC(=O)CO/N=C(/N)c1ccnc(N2CCCCC2)c1. The van der Waals surface area contributed by atoms with E-state index >= 15 is 0 Å². The molecule has 3 N–H and O–H groups in total. The van der Waals surface area contributed by atoms with Crippen LogP contribution in [0.3, 0.4) is 0 Å². The van der Waals surface area contributed by atoms with Crippen LogP contribution in [0.4, 0.5) is 5.82 Å². The molecule has 2 aromatic rings. The highest BCUT2D eigenvalue weighted by Crippen LogP contribution is 2.19. The number of anilines is 1. The summed E-state index contributed by atoms with van der Waals surface area (Å²) in [6.07, 6.45) is 5.18. The Labute approximate surface area is 194 Å². The number of nitrogens with one attached hydrogen (secondary N) is 1. The van der Waals surface area contributed by atoms with Gasteiger partial charge < -0.3 is 20.8 Å². The lowest BCUT2D eigenvalue weighted by Gasteiger charge is -2.27. The zero-order valence-corrected chi connectivity index (χ0v) is 19.7. The third-order valence-electron chi connectivity index (χ3n) is 5.29. The van der Waals surface area contributed by atoms with Crippen LogP contribution in [0.1, 0.15) is 30.4 Å². The van der Waals surface area contributed by atoms with Crippen LogP contribution in [-0.4, -0.2) is 63.2 Å². The first-order valence-corrected chi connectivity index (χ1v) is 12.2. The molecule has 0 unspecified atom stereocenters. The zero-order chi connectivity index (χ0) is 23.8. The number of nitrogens with zero attached hydrogens (tertiary/aromatic N) is 4. The molecule has 1 aliphatic rings. The maximum Gasteiger partial charge on any atom is 0.261 e. The first-order valence-electron chi connectivity index (χ1n) is 10.7. The maximum atomic E-state index is 12.5. The highest BCUT2D eigenvalue weighted by molar-refractivity contribution is 7.89. The predicted octanol–water partition coefficient (Wildman–Crippen LogP) is 1.28. The number of amides is 1. The summed E-state index contributed by atoms with van der Waals surface area (Å²) in [5.41, 5.74) is 7.15. The summed E-state index contributed by atoms with van der Waals surface area (Å²) < 4.78 is 26.0. The lowest BCUT2D eigenvalue weighted by Crippen LogP contribution is -2.30. The number of carbonyl (C=O) groups excluding carboxylic acids is 1. The van der Waals surface area contributed by atoms with E-state index in [9.17, 15) is 13.2 Å². The van der Waals surface area contributed by atoms with Gasteiger partial charge in [-0.1, -0.05) is 23.4 Å². The highest BCUT2D eigenvalue weighted by Gasteiger charge is 2.21. The van der Waals surface area contributed by atoms with Gasteiger partial charge in [0.05, 0.1) is 4.90 Å². The van der Waals surface area contributed by atoms with E-state index in [-0.39, 0.29) is 23.9 Å². The van der Waals surface area contributed by atoms with E-state index in [0.29, 0.717) is 11.1 Å². The fourth-order valence-electron chi connectivity index (χ4n) is 3.43. The van der Waals surface area contributed by atoms with E-state index in [4.69, 9.17) is 10.6 Å². The number of piperidine rings is 1. The molecule has 1 aliphatic heterocycles. The number of oxime groups is 1. The highest BCUT2D eigenvalue weighted by atomic mass is 32.2. The first kappa shape index (κ1) is 24.5. The molecule has 3 rings (SSSR count). The molecule has 0 bridgehead atoms. The number of hydrogen-bond acceptors (Lipinski definition) is 7. The third-order valence-corrected chi connectivity index (χ3v) is 7.20. The molecule has 0 saturated carbocycles. The van der Waals surface area contributed by atoms with Crippen molar-refractivity contribution in [2.45, 2.75) is 30.7 Å². The van der Waals surface area contributed by atoms with Crippen molar-refractivity contribution >= 4 is 27.6 Å². The van der Waals surface area contributed by atoms with Crippen molar-refractivity contribution in [2.75, 3.05) is 38.7 Å². The number of aromatic nitrogens is 1. The van der Waals surface area contributed by atoms with Gasteiger partial charge >= 0.3 is 0 Å². The largest absolute Gasteiger partial charge is 0.384 e. The smallest absolute Gasteiger partial charge is 0.261 e. The van der Waals surface area contributed by atoms with Gasteiger partial charge in [0.15, 0.2) is 12.4 Å². The monoisotopic (exact) mass is 474 g/mol. The second-order valence-electron chi connectivity index (χ2n) is 7.87. The summed E-state index contributed by atoms with van der Waals surface area (Å²) in [6, 6.07) is 10.1. The Morgan fingerprint density at radius 2 is 1.94 bits per heavy atom. The van der Waals surface area contributed by atoms with Crippen LogP contribution in [0.5, 0.6) is 0 Å². The van der Waals surface area contributed by atoms with Gasteiger partial charge in [0.1, 0.15) is 5.82 Å². The minimum absolute atomic E-state index is 0.0359. The van der Waals surface area contributed by atoms with Crippen molar-refractivity contribution in [3.05, 3.63) is 53.7 Å². The standard InChI is InChI=1S/C22H30N6O4S/c1-27(2)33(30,31)19-9-5-4-8-18(19)15-25-21(29)16-32-26-22(23)17-10-11-24-20(14-17)28-12-6-3-7-13-28/h4-5,8-11,14H,3,6-7,12-13,15-16H2,1-2H3,(H2,23,26)(H,25,29). The Morgan fingerprint density at radius 1 is 1.21 bits per heavy atom. The summed E-state index contributed by atoms with van der Waals surface area (Å²) in [6.45, 7) is 1.60. The van der Waals surface area contributed by atoms with Crippen molar-refractivity contribution < 1.29 is 18.0 Å². The van der Waals surface area contributed by atoms with E-state index in [2.05, 4.69) is 20.4 Å². The second-order valence-corrected chi connectivity index (χ2v) is 9.99. The van der Waals surface area contributed by atoms with Crippen LogP contribution in [0.25, 0.3) is 0 Å². The van der Waals surface area contributed by atoms with Gasteiger partial charge in [0, 0.05) is 45.5 Å². The normalized spacial score (nSPS) is 14.9. The number of nitrogens with two attached hydrogens (primary N) is 1. The Kier molecular flexibility index (Phi) is 8.23. The average molecular weight is 475 g/mol. The van der Waals surface area contributed by atoms with E-state index in [1.807, 2.05) is 6.07 Å². The molecular weight excluding hydrogens is 444 g/mol. The number of sulfonamides is 1. The van der Waals surface area contributed by atoms with E-state index in [1.54, 1.807) is 30.5 Å². The van der Waals surface area contributed by atoms with Crippen LogP contribution in [0.2, 0.25) is 0 Å². The molecule has 1 fully saturated rings. The van der Waals surface area contributed by atoms with Crippen molar-refractivity contribution in [1.29, 1.82) is 0 Å². The van der Waals surface area contributed by atoms with Crippen molar-refractivity contribution in [2.24, 2.45) is 10.9 Å².